The number of hydrogen-bond donors (Lipinski definition) is 0. The molecular formula is C20H15ClN2. The highest BCUT2D eigenvalue weighted by Crippen LogP contribution is 2.29. The van der Waals surface area contributed by atoms with Gasteiger partial charge in [0.15, 0.2) is 5.82 Å². The van der Waals surface area contributed by atoms with Gasteiger partial charge in [-0.3, -0.25) is 0 Å². The normalized spacial score (nSPS) is 10.3. The molecular weight excluding hydrogens is 304 g/mol. The maximum Gasteiger partial charge on any atom is 0.160 e. The summed E-state index contributed by atoms with van der Waals surface area (Å²) in [6.07, 6.45) is 3.49. The molecule has 0 radical (unpaired) electrons. The van der Waals surface area contributed by atoms with E-state index in [-0.39, 0.29) is 0 Å². The first-order valence-electron chi connectivity index (χ1n) is 7.21. The van der Waals surface area contributed by atoms with E-state index in [9.17, 15) is 0 Å². The molecule has 0 unspecified atom stereocenters. The van der Waals surface area contributed by atoms with Gasteiger partial charge < -0.3 is 0 Å². The minimum absolute atomic E-state index is 0.617. The van der Waals surface area contributed by atoms with E-state index >= 15 is 0 Å². The summed E-state index contributed by atoms with van der Waals surface area (Å²) in [5, 5.41) is 0.653. The van der Waals surface area contributed by atoms with Crippen molar-refractivity contribution in [1.82, 2.24) is 9.97 Å². The summed E-state index contributed by atoms with van der Waals surface area (Å²) in [7, 11) is 0. The van der Waals surface area contributed by atoms with Gasteiger partial charge in [0.05, 0.1) is 11.4 Å². The second-order valence-corrected chi connectivity index (χ2v) is 5.42. The maximum atomic E-state index is 6.09. The van der Waals surface area contributed by atoms with Crippen molar-refractivity contribution in [3.63, 3.8) is 0 Å². The molecule has 0 saturated heterocycles. The number of hydrogen-bond acceptors (Lipinski definition) is 2. The monoisotopic (exact) mass is 318 g/mol. The third kappa shape index (κ3) is 3.08. The smallest absolute Gasteiger partial charge is 0.160 e. The van der Waals surface area contributed by atoms with E-state index < -0.39 is 0 Å². The number of aromatic nitrogens is 2. The van der Waals surface area contributed by atoms with Crippen LogP contribution in [0.4, 0.5) is 0 Å². The first kappa shape index (κ1) is 15.2. The lowest BCUT2D eigenvalue weighted by Crippen LogP contribution is -1.99. The van der Waals surface area contributed by atoms with Gasteiger partial charge in [-0.05, 0) is 18.2 Å². The Morgan fingerprint density at radius 1 is 0.826 bits per heavy atom. The van der Waals surface area contributed by atoms with Crippen molar-refractivity contribution in [2.24, 2.45) is 0 Å². The number of benzene rings is 2. The van der Waals surface area contributed by atoms with Gasteiger partial charge in [-0.15, -0.1) is 0 Å². The largest absolute Gasteiger partial charge is 0.228 e. The Morgan fingerprint density at radius 2 is 1.57 bits per heavy atom. The van der Waals surface area contributed by atoms with E-state index in [0.717, 1.165) is 28.1 Å². The highest BCUT2D eigenvalue weighted by molar-refractivity contribution is 6.30. The molecule has 112 valence electrons. The molecule has 0 N–H and O–H groups in total. The maximum absolute atomic E-state index is 6.09. The van der Waals surface area contributed by atoms with E-state index in [1.165, 1.54) is 0 Å². The molecule has 0 atom stereocenters. The standard InChI is InChI=1S/C20H15ClN2/c1-3-17-18(4-2)22-20(15-11-8-12-16(21)13-15)23-19(17)14-9-6-5-7-10-14/h3-13H,1-2H2. The lowest BCUT2D eigenvalue weighted by molar-refractivity contribution is 1.15. The van der Waals surface area contributed by atoms with Crippen LogP contribution in [0.5, 0.6) is 0 Å². The molecule has 23 heavy (non-hydrogen) atoms. The summed E-state index contributed by atoms with van der Waals surface area (Å²) in [6.45, 7) is 7.76. The summed E-state index contributed by atoms with van der Waals surface area (Å²) in [5.74, 6) is 0.617. The van der Waals surface area contributed by atoms with Gasteiger partial charge in [-0.1, -0.05) is 73.3 Å². The van der Waals surface area contributed by atoms with Crippen LogP contribution in [0.2, 0.25) is 5.02 Å². The van der Waals surface area contributed by atoms with Crippen LogP contribution in [0.3, 0.4) is 0 Å². The number of rotatable bonds is 4. The summed E-state index contributed by atoms with van der Waals surface area (Å²) >= 11 is 6.09. The van der Waals surface area contributed by atoms with Crippen LogP contribution in [-0.2, 0) is 0 Å². The molecule has 0 fully saturated rings. The lowest BCUT2D eigenvalue weighted by Gasteiger charge is -2.11. The third-order valence-corrected chi connectivity index (χ3v) is 3.74. The van der Waals surface area contributed by atoms with Crippen molar-refractivity contribution in [1.29, 1.82) is 0 Å². The van der Waals surface area contributed by atoms with Crippen LogP contribution in [-0.4, -0.2) is 9.97 Å². The molecule has 0 spiro atoms. The van der Waals surface area contributed by atoms with Crippen molar-refractivity contribution in [3.8, 4) is 22.6 Å². The first-order chi connectivity index (χ1) is 11.2. The van der Waals surface area contributed by atoms with Gasteiger partial charge >= 0.3 is 0 Å². The summed E-state index contributed by atoms with van der Waals surface area (Å²) in [6, 6.07) is 17.5. The van der Waals surface area contributed by atoms with Gasteiger partial charge in [0, 0.05) is 21.7 Å². The third-order valence-electron chi connectivity index (χ3n) is 3.50. The molecule has 3 aromatic rings. The molecule has 0 aliphatic rings. The number of halogens is 1. The predicted octanol–water partition coefficient (Wildman–Crippen LogP) is 5.75. The summed E-state index contributed by atoms with van der Waals surface area (Å²) in [5.41, 5.74) is 4.34. The zero-order valence-corrected chi connectivity index (χ0v) is 13.3. The van der Waals surface area contributed by atoms with E-state index in [1.807, 2.05) is 54.6 Å². The van der Waals surface area contributed by atoms with Gasteiger partial charge in [0.25, 0.3) is 0 Å². The Hall–Kier alpha value is -2.71. The SMILES string of the molecule is C=Cc1nc(-c2cccc(Cl)c2)nc(-c2ccccc2)c1C=C. The molecule has 2 nitrogen and oxygen atoms in total. The van der Waals surface area contributed by atoms with Crippen LogP contribution in [0.25, 0.3) is 34.8 Å². The van der Waals surface area contributed by atoms with Crippen molar-refractivity contribution in [3.05, 3.63) is 84.0 Å². The Labute approximate surface area is 140 Å². The molecule has 3 rings (SSSR count). The summed E-state index contributed by atoms with van der Waals surface area (Å²) in [4.78, 5) is 9.35. The molecule has 0 aliphatic heterocycles. The van der Waals surface area contributed by atoms with Crippen LogP contribution in [0.15, 0.2) is 67.8 Å². The second-order valence-electron chi connectivity index (χ2n) is 4.98. The lowest BCUT2D eigenvalue weighted by atomic mass is 10.0. The van der Waals surface area contributed by atoms with Gasteiger partial charge in [-0.25, -0.2) is 9.97 Å². The predicted molar refractivity (Wildman–Crippen MR) is 98.1 cm³/mol. The Kier molecular flexibility index (Phi) is 4.35. The molecule has 1 heterocycles. The van der Waals surface area contributed by atoms with E-state index in [1.54, 1.807) is 12.2 Å². The average molecular weight is 319 g/mol. The molecule has 0 bridgehead atoms. The van der Waals surface area contributed by atoms with Gasteiger partial charge in [-0.2, -0.15) is 0 Å². The van der Waals surface area contributed by atoms with Crippen molar-refractivity contribution >= 4 is 23.8 Å². The molecule has 1 aromatic heterocycles. The minimum atomic E-state index is 0.617. The molecule has 0 amide bonds. The van der Waals surface area contributed by atoms with Crippen molar-refractivity contribution < 1.29 is 0 Å². The Balaban J connectivity index is 2.28. The van der Waals surface area contributed by atoms with Crippen molar-refractivity contribution in [2.75, 3.05) is 0 Å². The quantitative estimate of drug-likeness (QED) is 0.612. The van der Waals surface area contributed by atoms with Crippen molar-refractivity contribution in [2.45, 2.75) is 0 Å². The molecule has 2 aromatic carbocycles. The highest BCUT2D eigenvalue weighted by Gasteiger charge is 2.13. The van der Waals surface area contributed by atoms with Crippen LogP contribution in [0, 0.1) is 0 Å². The zero-order valence-electron chi connectivity index (χ0n) is 12.5. The van der Waals surface area contributed by atoms with Gasteiger partial charge in [0.1, 0.15) is 0 Å². The van der Waals surface area contributed by atoms with Crippen LogP contribution in [0.1, 0.15) is 11.3 Å². The molecule has 0 aliphatic carbocycles. The fourth-order valence-corrected chi connectivity index (χ4v) is 2.61. The fraction of sp³-hybridized carbons (Fsp3) is 0. The highest BCUT2D eigenvalue weighted by atomic mass is 35.5. The van der Waals surface area contributed by atoms with E-state index in [2.05, 4.69) is 18.1 Å². The second kappa shape index (κ2) is 6.59. The molecule has 3 heteroatoms. The zero-order chi connectivity index (χ0) is 16.2. The fourth-order valence-electron chi connectivity index (χ4n) is 2.42. The van der Waals surface area contributed by atoms with Gasteiger partial charge in [0.2, 0.25) is 0 Å². The van der Waals surface area contributed by atoms with E-state index in [0.29, 0.717) is 10.8 Å². The topological polar surface area (TPSA) is 25.8 Å². The van der Waals surface area contributed by atoms with Crippen LogP contribution >= 0.6 is 11.6 Å². The number of nitrogens with zero attached hydrogens (tertiary/aromatic N) is 2. The summed E-state index contributed by atoms with van der Waals surface area (Å²) < 4.78 is 0. The Bertz CT molecular complexity index is 870. The average Bonchev–Trinajstić information content (AvgIpc) is 2.61. The van der Waals surface area contributed by atoms with Crippen LogP contribution < -0.4 is 0 Å². The Morgan fingerprint density at radius 3 is 2.22 bits per heavy atom. The first-order valence-corrected chi connectivity index (χ1v) is 7.59. The van der Waals surface area contributed by atoms with E-state index in [4.69, 9.17) is 16.6 Å². The molecule has 0 saturated carbocycles. The minimum Gasteiger partial charge on any atom is -0.228 e.